The van der Waals surface area contributed by atoms with Gasteiger partial charge in [-0.3, -0.25) is 0 Å². The van der Waals surface area contributed by atoms with Crippen molar-refractivity contribution in [2.75, 3.05) is 0 Å². The van der Waals surface area contributed by atoms with Gasteiger partial charge in [0.15, 0.2) is 0 Å². The summed E-state index contributed by atoms with van der Waals surface area (Å²) in [4.78, 5) is 0. The van der Waals surface area contributed by atoms with Crippen LogP contribution >= 0.6 is 11.6 Å². The van der Waals surface area contributed by atoms with Crippen molar-refractivity contribution in [1.82, 2.24) is 0 Å². The second kappa shape index (κ2) is 7.30. The SMILES string of the molecule is Cc1ccc(C(/C=C(/Cl)c2ccccc2)c2ccccc2)cc1. The third kappa shape index (κ3) is 3.91. The molecule has 1 heteroatoms. The van der Waals surface area contributed by atoms with Crippen molar-refractivity contribution >= 4 is 16.6 Å². The van der Waals surface area contributed by atoms with Crippen LogP contribution in [0.1, 0.15) is 28.2 Å². The predicted octanol–water partition coefficient (Wildman–Crippen LogP) is 6.41. The van der Waals surface area contributed by atoms with E-state index in [4.69, 9.17) is 11.6 Å². The van der Waals surface area contributed by atoms with Crippen molar-refractivity contribution in [3.63, 3.8) is 0 Å². The molecule has 0 aliphatic carbocycles. The first-order valence-electron chi connectivity index (χ1n) is 7.78. The van der Waals surface area contributed by atoms with Gasteiger partial charge in [-0.15, -0.1) is 0 Å². The Morgan fingerprint density at radius 3 is 1.87 bits per heavy atom. The Morgan fingerprint density at radius 2 is 1.26 bits per heavy atom. The molecule has 0 aromatic heterocycles. The molecule has 0 nitrogen and oxygen atoms in total. The van der Waals surface area contributed by atoms with Gasteiger partial charge in [-0.05, 0) is 23.6 Å². The molecule has 0 radical (unpaired) electrons. The minimum absolute atomic E-state index is 0.143. The summed E-state index contributed by atoms with van der Waals surface area (Å²) in [6.45, 7) is 2.11. The maximum atomic E-state index is 6.59. The zero-order valence-corrected chi connectivity index (χ0v) is 13.9. The Labute approximate surface area is 143 Å². The fourth-order valence-corrected chi connectivity index (χ4v) is 2.91. The van der Waals surface area contributed by atoms with E-state index < -0.39 is 0 Å². The third-order valence-corrected chi connectivity index (χ3v) is 4.30. The van der Waals surface area contributed by atoms with E-state index in [0.29, 0.717) is 0 Å². The van der Waals surface area contributed by atoms with Crippen LogP contribution in [0.5, 0.6) is 0 Å². The summed E-state index contributed by atoms with van der Waals surface area (Å²) in [7, 11) is 0. The first-order chi connectivity index (χ1) is 11.2. The van der Waals surface area contributed by atoms with Crippen LogP contribution in [-0.4, -0.2) is 0 Å². The molecular weight excluding hydrogens is 300 g/mol. The summed E-state index contributed by atoms with van der Waals surface area (Å²) >= 11 is 6.59. The molecule has 0 spiro atoms. The summed E-state index contributed by atoms with van der Waals surface area (Å²) in [5, 5.41) is 0.778. The minimum Gasteiger partial charge on any atom is -0.0840 e. The van der Waals surface area contributed by atoms with Gasteiger partial charge in [-0.1, -0.05) is 108 Å². The van der Waals surface area contributed by atoms with Crippen molar-refractivity contribution < 1.29 is 0 Å². The first kappa shape index (κ1) is 15.6. The van der Waals surface area contributed by atoms with E-state index in [2.05, 4.69) is 61.5 Å². The Kier molecular flexibility index (Phi) is 4.95. The molecule has 0 aliphatic heterocycles. The van der Waals surface area contributed by atoms with Gasteiger partial charge < -0.3 is 0 Å². The van der Waals surface area contributed by atoms with E-state index in [9.17, 15) is 0 Å². The van der Waals surface area contributed by atoms with E-state index in [0.717, 1.165) is 10.6 Å². The van der Waals surface area contributed by atoms with Gasteiger partial charge in [-0.2, -0.15) is 0 Å². The second-order valence-corrected chi connectivity index (χ2v) is 6.09. The maximum absolute atomic E-state index is 6.59. The molecule has 0 amide bonds. The smallest absolute Gasteiger partial charge is 0.0448 e. The minimum atomic E-state index is 0.143. The van der Waals surface area contributed by atoms with Crippen molar-refractivity contribution in [2.24, 2.45) is 0 Å². The van der Waals surface area contributed by atoms with Gasteiger partial charge in [0.05, 0.1) is 0 Å². The highest BCUT2D eigenvalue weighted by Gasteiger charge is 2.12. The lowest BCUT2D eigenvalue weighted by molar-refractivity contribution is 1.03. The molecule has 0 heterocycles. The summed E-state index contributed by atoms with van der Waals surface area (Å²) < 4.78 is 0. The topological polar surface area (TPSA) is 0 Å². The van der Waals surface area contributed by atoms with Crippen LogP contribution in [0.2, 0.25) is 0 Å². The molecule has 114 valence electrons. The van der Waals surface area contributed by atoms with Crippen LogP contribution in [0.3, 0.4) is 0 Å². The Morgan fingerprint density at radius 1 is 0.739 bits per heavy atom. The van der Waals surface area contributed by atoms with E-state index in [-0.39, 0.29) is 5.92 Å². The lowest BCUT2D eigenvalue weighted by Gasteiger charge is -2.15. The Bertz CT molecular complexity index is 771. The molecule has 0 aliphatic rings. The van der Waals surface area contributed by atoms with E-state index in [1.165, 1.54) is 16.7 Å². The van der Waals surface area contributed by atoms with Crippen molar-refractivity contribution in [1.29, 1.82) is 0 Å². The normalized spacial score (nSPS) is 12.9. The fourth-order valence-electron chi connectivity index (χ4n) is 2.66. The highest BCUT2D eigenvalue weighted by Crippen LogP contribution is 2.31. The largest absolute Gasteiger partial charge is 0.0840 e. The van der Waals surface area contributed by atoms with E-state index in [1.807, 2.05) is 36.4 Å². The molecule has 3 aromatic rings. The highest BCUT2D eigenvalue weighted by atomic mass is 35.5. The number of halogens is 1. The molecule has 3 rings (SSSR count). The Hall–Kier alpha value is -2.31. The number of hydrogen-bond acceptors (Lipinski definition) is 0. The zero-order valence-electron chi connectivity index (χ0n) is 13.1. The molecular formula is C22H19Cl. The third-order valence-electron chi connectivity index (χ3n) is 3.96. The standard InChI is InChI=1S/C22H19Cl/c1-17-12-14-19(15-13-17)21(18-8-4-2-5-9-18)16-22(23)20-10-6-3-7-11-20/h2-16,21H,1H3/b22-16+. The van der Waals surface area contributed by atoms with Crippen LogP contribution in [0, 0.1) is 6.92 Å². The summed E-state index contributed by atoms with van der Waals surface area (Å²) in [6.07, 6.45) is 2.14. The first-order valence-corrected chi connectivity index (χ1v) is 8.16. The Balaban J connectivity index is 2.04. The number of rotatable bonds is 4. The predicted molar refractivity (Wildman–Crippen MR) is 99.7 cm³/mol. The van der Waals surface area contributed by atoms with Crippen molar-refractivity contribution in [2.45, 2.75) is 12.8 Å². The lowest BCUT2D eigenvalue weighted by Crippen LogP contribution is -1.98. The lowest BCUT2D eigenvalue weighted by atomic mass is 9.90. The summed E-state index contributed by atoms with van der Waals surface area (Å²) in [6, 6.07) is 29.2. The van der Waals surface area contributed by atoms with Gasteiger partial charge >= 0.3 is 0 Å². The van der Waals surface area contributed by atoms with E-state index >= 15 is 0 Å². The molecule has 1 unspecified atom stereocenters. The quantitative estimate of drug-likeness (QED) is 0.521. The van der Waals surface area contributed by atoms with E-state index in [1.54, 1.807) is 0 Å². The van der Waals surface area contributed by atoms with Gasteiger partial charge in [0, 0.05) is 11.0 Å². The number of hydrogen-bond donors (Lipinski definition) is 0. The van der Waals surface area contributed by atoms with Crippen LogP contribution in [0.15, 0.2) is 91.0 Å². The van der Waals surface area contributed by atoms with Gasteiger partial charge in [0.25, 0.3) is 0 Å². The van der Waals surface area contributed by atoms with Gasteiger partial charge in [-0.25, -0.2) is 0 Å². The van der Waals surface area contributed by atoms with Gasteiger partial charge in [0.1, 0.15) is 0 Å². The monoisotopic (exact) mass is 318 g/mol. The van der Waals surface area contributed by atoms with Crippen molar-refractivity contribution in [3.8, 4) is 0 Å². The molecule has 23 heavy (non-hydrogen) atoms. The molecule has 1 atom stereocenters. The van der Waals surface area contributed by atoms with Crippen LogP contribution < -0.4 is 0 Å². The zero-order chi connectivity index (χ0) is 16.1. The average molecular weight is 319 g/mol. The molecule has 0 saturated carbocycles. The number of allylic oxidation sites excluding steroid dienone is 1. The number of aryl methyl sites for hydroxylation is 1. The van der Waals surface area contributed by atoms with Crippen LogP contribution in [-0.2, 0) is 0 Å². The van der Waals surface area contributed by atoms with Crippen LogP contribution in [0.4, 0.5) is 0 Å². The van der Waals surface area contributed by atoms with Crippen LogP contribution in [0.25, 0.3) is 5.03 Å². The number of benzene rings is 3. The molecule has 3 aromatic carbocycles. The molecule has 0 saturated heterocycles. The molecule has 0 fully saturated rings. The highest BCUT2D eigenvalue weighted by molar-refractivity contribution is 6.48. The summed E-state index contributed by atoms with van der Waals surface area (Å²) in [5.41, 5.74) is 4.79. The fraction of sp³-hybridized carbons (Fsp3) is 0.0909. The second-order valence-electron chi connectivity index (χ2n) is 5.68. The molecule has 0 N–H and O–H groups in total. The molecule has 0 bridgehead atoms. The maximum Gasteiger partial charge on any atom is 0.0448 e. The summed E-state index contributed by atoms with van der Waals surface area (Å²) in [5.74, 6) is 0.143. The van der Waals surface area contributed by atoms with Crippen molar-refractivity contribution in [3.05, 3.63) is 113 Å². The van der Waals surface area contributed by atoms with Gasteiger partial charge in [0.2, 0.25) is 0 Å². The average Bonchev–Trinajstić information content (AvgIpc) is 2.62.